The number of carbonyl (C=O) groups is 1. The molecule has 0 saturated carbocycles. The Balaban J connectivity index is 1.45. The number of hydrogen-bond donors (Lipinski definition) is 1. The van der Waals surface area contributed by atoms with Crippen molar-refractivity contribution in [1.82, 2.24) is 9.88 Å². The van der Waals surface area contributed by atoms with Gasteiger partial charge in [-0.2, -0.15) is 0 Å². The van der Waals surface area contributed by atoms with Crippen LogP contribution >= 0.6 is 0 Å². The normalized spacial score (nSPS) is 13.4. The van der Waals surface area contributed by atoms with Crippen molar-refractivity contribution in [2.45, 2.75) is 45.6 Å². The zero-order valence-electron chi connectivity index (χ0n) is 18.7. The van der Waals surface area contributed by atoms with Gasteiger partial charge in [0.1, 0.15) is 17.3 Å². The van der Waals surface area contributed by atoms with Crippen molar-refractivity contribution in [2.24, 2.45) is 0 Å². The molecular weight excluding hydrogens is 415 g/mol. The summed E-state index contributed by atoms with van der Waals surface area (Å²) >= 11 is 0. The molecule has 168 valence electrons. The molecule has 4 nitrogen and oxygen atoms in total. The summed E-state index contributed by atoms with van der Waals surface area (Å²) in [4.78, 5) is 12.6. The number of halogens is 1. The monoisotopic (exact) mass is 442 g/mol. The van der Waals surface area contributed by atoms with E-state index in [0.717, 1.165) is 47.7 Å². The lowest BCUT2D eigenvalue weighted by Gasteiger charge is -2.15. The average molecular weight is 443 g/mol. The number of fused-ring (bicyclic) bond motifs is 1. The van der Waals surface area contributed by atoms with E-state index in [1.807, 2.05) is 55.5 Å². The zero-order chi connectivity index (χ0) is 22.8. The molecule has 1 amide bonds. The van der Waals surface area contributed by atoms with Crippen LogP contribution in [-0.2, 0) is 19.4 Å². The summed E-state index contributed by atoms with van der Waals surface area (Å²) in [6.07, 6.45) is 5.65. The maximum atomic E-state index is 13.5. The quantitative estimate of drug-likeness (QED) is 0.364. The molecule has 0 atom stereocenters. The van der Waals surface area contributed by atoms with Gasteiger partial charge in [0.25, 0.3) is 5.91 Å². The first-order valence-electron chi connectivity index (χ1n) is 11.5. The van der Waals surface area contributed by atoms with Crippen molar-refractivity contribution >= 4 is 5.91 Å². The summed E-state index contributed by atoms with van der Waals surface area (Å²) in [5.41, 5.74) is 6.34. The van der Waals surface area contributed by atoms with Crippen LogP contribution in [0.25, 0.3) is 16.9 Å². The molecule has 0 fully saturated rings. The minimum Gasteiger partial charge on any atom is -0.465 e. The van der Waals surface area contributed by atoms with Crippen molar-refractivity contribution in [3.8, 4) is 16.9 Å². The fraction of sp³-hybridized carbons (Fsp3) is 0.250. The smallest absolute Gasteiger partial charge is 0.251 e. The minimum absolute atomic E-state index is 0.138. The first-order chi connectivity index (χ1) is 16.1. The summed E-state index contributed by atoms with van der Waals surface area (Å²) in [7, 11) is 0. The van der Waals surface area contributed by atoms with Gasteiger partial charge in [-0.3, -0.25) is 4.79 Å². The summed E-state index contributed by atoms with van der Waals surface area (Å²) in [5.74, 6) is 1.18. The van der Waals surface area contributed by atoms with E-state index in [1.54, 1.807) is 0 Å². The third-order valence-corrected chi connectivity index (χ3v) is 6.30. The predicted molar refractivity (Wildman–Crippen MR) is 127 cm³/mol. The summed E-state index contributed by atoms with van der Waals surface area (Å²) in [6.45, 7) is 2.24. The Kier molecular flexibility index (Phi) is 5.86. The number of nitrogens with one attached hydrogen (secondary N) is 1. The number of aromatic nitrogens is 1. The number of hydrogen-bond acceptors (Lipinski definition) is 2. The highest BCUT2D eigenvalue weighted by Gasteiger charge is 2.20. The molecule has 33 heavy (non-hydrogen) atoms. The van der Waals surface area contributed by atoms with Gasteiger partial charge in [0.05, 0.1) is 12.2 Å². The molecular formula is C28H27FN2O2. The van der Waals surface area contributed by atoms with Crippen LogP contribution in [0.15, 0.2) is 71.1 Å². The van der Waals surface area contributed by atoms with Gasteiger partial charge in [-0.05, 0) is 110 Å². The molecule has 0 bridgehead atoms. The van der Waals surface area contributed by atoms with Gasteiger partial charge in [-0.25, -0.2) is 4.39 Å². The van der Waals surface area contributed by atoms with E-state index in [9.17, 15) is 9.18 Å². The predicted octanol–water partition coefficient (Wildman–Crippen LogP) is 6.38. The Morgan fingerprint density at radius 1 is 0.970 bits per heavy atom. The van der Waals surface area contributed by atoms with Crippen LogP contribution in [0.3, 0.4) is 0 Å². The van der Waals surface area contributed by atoms with Crippen molar-refractivity contribution in [3.63, 3.8) is 0 Å². The SMILES string of the molecule is Cc1ccc(CNC(=O)c2ccc(-n3c(-c4ccc(F)cc4)cc4c3CCCCC4)cc2)o1. The Bertz CT molecular complexity index is 1270. The number of aryl methyl sites for hydroxylation is 2. The third kappa shape index (κ3) is 4.49. The second-order valence-corrected chi connectivity index (χ2v) is 8.65. The average Bonchev–Trinajstić information content (AvgIpc) is 3.33. The highest BCUT2D eigenvalue weighted by Crippen LogP contribution is 2.33. The van der Waals surface area contributed by atoms with E-state index in [4.69, 9.17) is 4.42 Å². The molecule has 5 heteroatoms. The van der Waals surface area contributed by atoms with Crippen molar-refractivity contribution in [2.75, 3.05) is 0 Å². The standard InChI is InChI=1S/C28H27FN2O2/c1-19-7-16-25(33-19)18-30-28(32)21-10-14-24(15-11-21)31-26-6-4-2-3-5-22(26)17-27(31)20-8-12-23(29)13-9-20/h7-17H,2-6,18H2,1H3,(H,30,32). The van der Waals surface area contributed by atoms with Crippen molar-refractivity contribution in [1.29, 1.82) is 0 Å². The Morgan fingerprint density at radius 3 is 2.45 bits per heavy atom. The fourth-order valence-corrected chi connectivity index (χ4v) is 4.61. The lowest BCUT2D eigenvalue weighted by Crippen LogP contribution is -2.22. The third-order valence-electron chi connectivity index (χ3n) is 6.30. The number of amides is 1. The van der Waals surface area contributed by atoms with Gasteiger partial charge in [0, 0.05) is 16.9 Å². The van der Waals surface area contributed by atoms with E-state index >= 15 is 0 Å². The van der Waals surface area contributed by atoms with Gasteiger partial charge in [-0.15, -0.1) is 0 Å². The molecule has 0 unspecified atom stereocenters. The van der Waals surface area contributed by atoms with E-state index in [0.29, 0.717) is 12.1 Å². The minimum atomic E-state index is -0.238. The van der Waals surface area contributed by atoms with E-state index in [1.165, 1.54) is 36.2 Å². The van der Waals surface area contributed by atoms with Crippen LogP contribution < -0.4 is 5.32 Å². The molecule has 0 spiro atoms. The molecule has 1 aliphatic rings. The van der Waals surface area contributed by atoms with Gasteiger partial charge < -0.3 is 14.3 Å². The van der Waals surface area contributed by atoms with Gasteiger partial charge in [-0.1, -0.05) is 6.42 Å². The van der Waals surface area contributed by atoms with Crippen molar-refractivity contribution < 1.29 is 13.6 Å². The zero-order valence-corrected chi connectivity index (χ0v) is 18.7. The fourth-order valence-electron chi connectivity index (χ4n) is 4.61. The molecule has 2 heterocycles. The molecule has 1 aliphatic carbocycles. The second kappa shape index (κ2) is 9.10. The molecule has 4 aromatic rings. The van der Waals surface area contributed by atoms with Gasteiger partial charge in [0.2, 0.25) is 0 Å². The number of benzene rings is 2. The Labute approximate surface area is 193 Å². The number of nitrogens with zero attached hydrogens (tertiary/aromatic N) is 1. The molecule has 1 N–H and O–H groups in total. The van der Waals surface area contributed by atoms with E-state index < -0.39 is 0 Å². The van der Waals surface area contributed by atoms with Crippen LogP contribution in [0.2, 0.25) is 0 Å². The highest BCUT2D eigenvalue weighted by molar-refractivity contribution is 5.94. The largest absolute Gasteiger partial charge is 0.465 e. The van der Waals surface area contributed by atoms with Crippen LogP contribution in [0.4, 0.5) is 4.39 Å². The topological polar surface area (TPSA) is 47.2 Å². The first-order valence-corrected chi connectivity index (χ1v) is 11.5. The summed E-state index contributed by atoms with van der Waals surface area (Å²) < 4.78 is 21.3. The van der Waals surface area contributed by atoms with Crippen LogP contribution in [0, 0.1) is 12.7 Å². The maximum Gasteiger partial charge on any atom is 0.251 e. The van der Waals surface area contributed by atoms with Crippen molar-refractivity contribution in [3.05, 3.63) is 101 Å². The highest BCUT2D eigenvalue weighted by atomic mass is 19.1. The number of furan rings is 1. The lowest BCUT2D eigenvalue weighted by atomic mass is 10.1. The van der Waals surface area contributed by atoms with Crippen LogP contribution in [-0.4, -0.2) is 10.5 Å². The lowest BCUT2D eigenvalue weighted by molar-refractivity contribution is 0.0948. The van der Waals surface area contributed by atoms with Gasteiger partial charge in [0.15, 0.2) is 0 Å². The van der Waals surface area contributed by atoms with E-state index in [2.05, 4.69) is 16.0 Å². The first kappa shape index (κ1) is 21.3. The molecule has 0 saturated heterocycles. The van der Waals surface area contributed by atoms with Crippen LogP contribution in [0.5, 0.6) is 0 Å². The molecule has 5 rings (SSSR count). The molecule has 2 aromatic heterocycles. The summed E-state index contributed by atoms with van der Waals surface area (Å²) in [5, 5.41) is 2.91. The summed E-state index contributed by atoms with van der Waals surface area (Å²) in [6, 6.07) is 20.4. The van der Waals surface area contributed by atoms with Gasteiger partial charge >= 0.3 is 0 Å². The number of rotatable bonds is 5. The second-order valence-electron chi connectivity index (χ2n) is 8.65. The molecule has 0 radical (unpaired) electrons. The maximum absolute atomic E-state index is 13.5. The van der Waals surface area contributed by atoms with Crippen LogP contribution in [0.1, 0.15) is 52.4 Å². The Morgan fingerprint density at radius 2 is 1.73 bits per heavy atom. The van der Waals surface area contributed by atoms with E-state index in [-0.39, 0.29) is 11.7 Å². The Hall–Kier alpha value is -3.60. The number of carbonyl (C=O) groups excluding carboxylic acids is 1. The molecule has 0 aliphatic heterocycles. The molecule has 2 aromatic carbocycles.